The number of aromatic nitrogens is 4. The zero-order chi connectivity index (χ0) is 35.3. The molecule has 0 radical (unpaired) electrons. The lowest BCUT2D eigenvalue weighted by molar-refractivity contribution is -0.143. The Hall–Kier alpha value is -4.28. The maximum atomic E-state index is 14.7. The quantitative estimate of drug-likeness (QED) is 0.0928. The standard InChI is InChI=1S/C32H39N6O10P/c1-19-34-27-25(28(40)35-19)33-18-38(27)31-32(2,43)26(39)24(48-31)17-47-49(44,36-22(29(41)45-3)15-20-11-7-5-8-12-20)37-23(30(42)46-4)16-21-13-9-6-10-14-21/h5-14,18,22-24,26,31,39,43H,15-17H2,1-4H3,(H,34,35,40)(H2,36,37,44)/t22-,23-,24+,26-,31+,32?/m0/s1. The van der Waals surface area contributed by atoms with Crippen molar-refractivity contribution >= 4 is 30.8 Å². The molecule has 262 valence electrons. The van der Waals surface area contributed by atoms with E-state index in [1.807, 2.05) is 0 Å². The van der Waals surface area contributed by atoms with Gasteiger partial charge in [0.25, 0.3) is 5.56 Å². The number of fused-ring (bicyclic) bond motifs is 1. The number of esters is 2. The van der Waals surface area contributed by atoms with Crippen LogP contribution in [0.25, 0.3) is 11.2 Å². The van der Waals surface area contributed by atoms with Crippen LogP contribution in [0.3, 0.4) is 0 Å². The molecular formula is C32H39N6O10P. The summed E-state index contributed by atoms with van der Waals surface area (Å²) >= 11 is 0. The number of imidazole rings is 1. The molecule has 1 unspecified atom stereocenters. The predicted octanol–water partition coefficient (Wildman–Crippen LogP) is 1.31. The zero-order valence-corrected chi connectivity index (χ0v) is 28.2. The van der Waals surface area contributed by atoms with Crippen molar-refractivity contribution < 1.29 is 43.1 Å². The van der Waals surface area contributed by atoms with Gasteiger partial charge in [0.2, 0.25) is 0 Å². The van der Waals surface area contributed by atoms with E-state index < -0.39 is 67.9 Å². The number of aliphatic hydroxyl groups excluding tert-OH is 1. The van der Waals surface area contributed by atoms with E-state index in [-0.39, 0.29) is 24.0 Å². The van der Waals surface area contributed by atoms with Gasteiger partial charge >= 0.3 is 19.6 Å². The minimum absolute atomic E-state index is 0.00312. The van der Waals surface area contributed by atoms with Gasteiger partial charge in [-0.15, -0.1) is 0 Å². The van der Waals surface area contributed by atoms with Gasteiger partial charge in [-0.3, -0.25) is 23.5 Å². The lowest BCUT2D eigenvalue weighted by atomic mass is 9.96. The number of H-pyrrole nitrogens is 1. The molecule has 1 saturated heterocycles. The number of aliphatic hydroxyl groups is 2. The fraction of sp³-hybridized carbons (Fsp3) is 0.406. The summed E-state index contributed by atoms with van der Waals surface area (Å²) in [6.45, 7) is 2.31. The van der Waals surface area contributed by atoms with Crippen molar-refractivity contribution in [2.75, 3.05) is 20.8 Å². The van der Waals surface area contributed by atoms with Crippen LogP contribution in [-0.4, -0.2) is 92.4 Å². The lowest BCUT2D eigenvalue weighted by Gasteiger charge is -2.29. The van der Waals surface area contributed by atoms with Gasteiger partial charge in [0.05, 0.1) is 27.2 Å². The number of methoxy groups -OCH3 is 2. The molecule has 1 fully saturated rings. The Morgan fingerprint density at radius 3 is 2.06 bits per heavy atom. The number of aryl methyl sites for hydroxylation is 1. The van der Waals surface area contributed by atoms with Gasteiger partial charge in [0.15, 0.2) is 17.4 Å². The first kappa shape index (κ1) is 36.0. The minimum atomic E-state index is -4.44. The third kappa shape index (κ3) is 8.13. The molecule has 3 heterocycles. The van der Waals surface area contributed by atoms with E-state index in [1.165, 1.54) is 32.0 Å². The smallest absolute Gasteiger partial charge is 0.342 e. The van der Waals surface area contributed by atoms with Gasteiger partial charge in [-0.2, -0.15) is 0 Å². The van der Waals surface area contributed by atoms with Gasteiger partial charge in [0.1, 0.15) is 35.7 Å². The second kappa shape index (κ2) is 15.1. The Labute approximate surface area is 281 Å². The molecule has 0 bridgehead atoms. The van der Waals surface area contributed by atoms with E-state index >= 15 is 0 Å². The van der Waals surface area contributed by atoms with E-state index in [1.54, 1.807) is 67.6 Å². The zero-order valence-electron chi connectivity index (χ0n) is 27.3. The number of nitrogens with zero attached hydrogens (tertiary/aromatic N) is 3. The van der Waals surface area contributed by atoms with Crippen molar-refractivity contribution in [1.29, 1.82) is 0 Å². The summed E-state index contributed by atoms with van der Waals surface area (Å²) in [5.41, 5.74) is -0.920. The normalized spacial score (nSPS) is 22.1. The maximum absolute atomic E-state index is 14.7. The monoisotopic (exact) mass is 698 g/mol. The second-order valence-electron chi connectivity index (χ2n) is 11.8. The Morgan fingerprint density at radius 1 is 1.02 bits per heavy atom. The van der Waals surface area contributed by atoms with E-state index in [0.29, 0.717) is 5.82 Å². The Balaban J connectivity index is 1.44. The Bertz CT molecular complexity index is 1800. The molecule has 1 aliphatic rings. The van der Waals surface area contributed by atoms with E-state index in [9.17, 15) is 29.2 Å². The number of hydrogen-bond acceptors (Lipinski definition) is 12. The first-order valence-electron chi connectivity index (χ1n) is 15.4. The molecule has 1 aliphatic heterocycles. The third-order valence-corrected chi connectivity index (χ3v) is 9.98. The number of nitrogens with one attached hydrogen (secondary N) is 3. The summed E-state index contributed by atoms with van der Waals surface area (Å²) < 4.78 is 38.0. The summed E-state index contributed by atoms with van der Waals surface area (Å²) in [5, 5.41) is 28.1. The largest absolute Gasteiger partial charge is 0.468 e. The number of aromatic amines is 1. The van der Waals surface area contributed by atoms with Crippen molar-refractivity contribution in [2.45, 2.75) is 62.8 Å². The fourth-order valence-corrected chi connectivity index (χ4v) is 7.43. The Morgan fingerprint density at radius 2 is 1.55 bits per heavy atom. The second-order valence-corrected chi connectivity index (χ2v) is 13.7. The fourth-order valence-electron chi connectivity index (χ4n) is 5.63. The van der Waals surface area contributed by atoms with Crippen molar-refractivity contribution in [3.05, 3.63) is 94.3 Å². The molecule has 5 N–H and O–H groups in total. The summed E-state index contributed by atoms with van der Waals surface area (Å²) in [4.78, 5) is 49.3. The SMILES string of the molecule is COC(=O)[C@H](Cc1ccccc1)NP(=O)(N[C@@H](Cc1ccccc1)C(=O)OC)OC[C@H]1O[C@@H](n2cnc3c(=O)[nH]c(C)nc32)C(C)(O)[C@H]1O. The van der Waals surface area contributed by atoms with Crippen molar-refractivity contribution in [3.8, 4) is 0 Å². The van der Waals surface area contributed by atoms with Crippen LogP contribution in [0.2, 0.25) is 0 Å². The van der Waals surface area contributed by atoms with Crippen LogP contribution in [0.1, 0.15) is 30.1 Å². The van der Waals surface area contributed by atoms with Crippen LogP contribution in [0, 0.1) is 6.92 Å². The van der Waals surface area contributed by atoms with E-state index in [0.717, 1.165) is 11.1 Å². The molecular weight excluding hydrogens is 659 g/mol. The molecule has 5 rings (SSSR count). The van der Waals surface area contributed by atoms with Crippen molar-refractivity contribution in [1.82, 2.24) is 29.7 Å². The van der Waals surface area contributed by atoms with Gasteiger partial charge < -0.3 is 33.9 Å². The number of carbonyl (C=O) groups excluding carboxylic acids is 2. The molecule has 2 aromatic heterocycles. The number of carbonyl (C=O) groups is 2. The Kier molecular flexibility index (Phi) is 11.1. The molecule has 2 aromatic carbocycles. The molecule has 17 heteroatoms. The molecule has 16 nitrogen and oxygen atoms in total. The van der Waals surface area contributed by atoms with Crippen LogP contribution >= 0.6 is 7.67 Å². The highest BCUT2D eigenvalue weighted by atomic mass is 31.2. The van der Waals surface area contributed by atoms with Crippen LogP contribution in [0.5, 0.6) is 0 Å². The molecule has 6 atom stereocenters. The average Bonchev–Trinajstić information content (AvgIpc) is 3.60. The summed E-state index contributed by atoms with van der Waals surface area (Å²) in [5.74, 6) is -1.21. The van der Waals surface area contributed by atoms with Crippen LogP contribution in [0.15, 0.2) is 71.8 Å². The molecule has 0 saturated carbocycles. The van der Waals surface area contributed by atoms with Gasteiger partial charge in [-0.1, -0.05) is 60.7 Å². The highest BCUT2D eigenvalue weighted by Crippen LogP contribution is 2.44. The lowest BCUT2D eigenvalue weighted by Crippen LogP contribution is -2.47. The van der Waals surface area contributed by atoms with Crippen molar-refractivity contribution in [3.63, 3.8) is 0 Å². The average molecular weight is 699 g/mol. The topological polar surface area (TPSA) is 216 Å². The molecule has 0 aliphatic carbocycles. The predicted molar refractivity (Wildman–Crippen MR) is 175 cm³/mol. The summed E-state index contributed by atoms with van der Waals surface area (Å²) in [7, 11) is -2.08. The van der Waals surface area contributed by atoms with Crippen LogP contribution in [-0.2, 0) is 45.7 Å². The van der Waals surface area contributed by atoms with Crippen LogP contribution < -0.4 is 15.7 Å². The van der Waals surface area contributed by atoms with Gasteiger partial charge in [0, 0.05) is 0 Å². The number of rotatable bonds is 14. The first-order chi connectivity index (χ1) is 23.3. The highest BCUT2D eigenvalue weighted by Gasteiger charge is 2.54. The van der Waals surface area contributed by atoms with E-state index in [4.69, 9.17) is 18.7 Å². The van der Waals surface area contributed by atoms with Gasteiger partial charge in [-0.25, -0.2) is 20.1 Å². The number of hydrogen-bond donors (Lipinski definition) is 5. The first-order valence-corrected chi connectivity index (χ1v) is 17.0. The number of benzene rings is 2. The van der Waals surface area contributed by atoms with Crippen LogP contribution in [0.4, 0.5) is 0 Å². The van der Waals surface area contributed by atoms with Gasteiger partial charge in [-0.05, 0) is 37.8 Å². The molecule has 4 aromatic rings. The highest BCUT2D eigenvalue weighted by molar-refractivity contribution is 7.54. The third-order valence-electron chi connectivity index (χ3n) is 8.17. The minimum Gasteiger partial charge on any atom is -0.468 e. The van der Waals surface area contributed by atoms with Crippen molar-refractivity contribution in [2.24, 2.45) is 0 Å². The maximum Gasteiger partial charge on any atom is 0.342 e. The summed E-state index contributed by atoms with van der Waals surface area (Å²) in [6, 6.07) is 15.4. The molecule has 49 heavy (non-hydrogen) atoms. The number of ether oxygens (including phenoxy) is 3. The van der Waals surface area contributed by atoms with E-state index in [2.05, 4.69) is 25.1 Å². The summed E-state index contributed by atoms with van der Waals surface area (Å²) in [6.07, 6.45) is -2.85. The molecule has 0 spiro atoms. The molecule has 0 amide bonds.